The van der Waals surface area contributed by atoms with Crippen molar-refractivity contribution in [3.8, 4) is 0 Å². The first-order valence-corrected chi connectivity index (χ1v) is 6.66. The van der Waals surface area contributed by atoms with Gasteiger partial charge in [0.25, 0.3) is 0 Å². The molecule has 0 aromatic heterocycles. The van der Waals surface area contributed by atoms with E-state index in [1.165, 1.54) is 31.2 Å². The summed E-state index contributed by atoms with van der Waals surface area (Å²) in [5, 5.41) is 0. The molecular weight excluding hydrogens is 213 g/mol. The number of hydrogen-bond acceptors (Lipinski definition) is 1. The van der Waals surface area contributed by atoms with Crippen LogP contribution in [0, 0.1) is 23.1 Å². The van der Waals surface area contributed by atoms with Gasteiger partial charge in [-0.25, -0.2) is 4.39 Å². The third kappa shape index (κ3) is 1.89. The van der Waals surface area contributed by atoms with Crippen molar-refractivity contribution in [3.63, 3.8) is 0 Å². The molecule has 2 heteroatoms. The van der Waals surface area contributed by atoms with Gasteiger partial charge >= 0.3 is 0 Å². The molecule has 2 bridgehead atoms. The standard InChI is InChI=1S/C15H20FN/c16-14-5-2-11(3-6-14)8-15(10-17)9-12-1-4-13(15)7-12/h2-3,5-6,12-13H,1,4,7-10,17H2. The van der Waals surface area contributed by atoms with Crippen LogP contribution in [0.3, 0.4) is 0 Å². The SMILES string of the molecule is NCC1(Cc2ccc(F)cc2)CC2CCC1C2. The molecule has 0 aliphatic heterocycles. The molecule has 0 heterocycles. The molecule has 2 aliphatic rings. The lowest BCUT2D eigenvalue weighted by Gasteiger charge is -2.37. The van der Waals surface area contributed by atoms with Crippen LogP contribution < -0.4 is 5.73 Å². The lowest BCUT2D eigenvalue weighted by Crippen LogP contribution is -2.37. The van der Waals surface area contributed by atoms with Gasteiger partial charge in [-0.1, -0.05) is 18.6 Å². The number of rotatable bonds is 3. The summed E-state index contributed by atoms with van der Waals surface area (Å²) in [6.07, 6.45) is 6.44. The van der Waals surface area contributed by atoms with Crippen LogP contribution in [0.4, 0.5) is 4.39 Å². The summed E-state index contributed by atoms with van der Waals surface area (Å²) in [6, 6.07) is 6.96. The molecule has 1 aromatic rings. The van der Waals surface area contributed by atoms with Crippen LogP contribution in [0.2, 0.25) is 0 Å². The number of fused-ring (bicyclic) bond motifs is 2. The fraction of sp³-hybridized carbons (Fsp3) is 0.600. The number of hydrogen-bond donors (Lipinski definition) is 1. The Bertz CT molecular complexity index is 400. The predicted molar refractivity (Wildman–Crippen MR) is 67.0 cm³/mol. The lowest BCUT2D eigenvalue weighted by atomic mass is 9.69. The minimum atomic E-state index is -0.150. The van der Waals surface area contributed by atoms with Gasteiger partial charge in [0.15, 0.2) is 0 Å². The quantitative estimate of drug-likeness (QED) is 0.852. The zero-order chi connectivity index (χ0) is 11.9. The van der Waals surface area contributed by atoms with Crippen molar-refractivity contribution in [3.05, 3.63) is 35.6 Å². The van der Waals surface area contributed by atoms with E-state index in [2.05, 4.69) is 0 Å². The third-order valence-corrected chi connectivity index (χ3v) is 4.98. The van der Waals surface area contributed by atoms with E-state index in [-0.39, 0.29) is 5.82 Å². The van der Waals surface area contributed by atoms with Crippen molar-refractivity contribution in [2.75, 3.05) is 6.54 Å². The third-order valence-electron chi connectivity index (χ3n) is 4.98. The van der Waals surface area contributed by atoms with Gasteiger partial charge in [0.05, 0.1) is 0 Å². The molecule has 0 spiro atoms. The Hall–Kier alpha value is -0.890. The molecular formula is C15H20FN. The first kappa shape index (κ1) is 11.2. The van der Waals surface area contributed by atoms with Crippen molar-refractivity contribution in [1.29, 1.82) is 0 Å². The molecule has 3 unspecified atom stereocenters. The van der Waals surface area contributed by atoms with Gasteiger partial charge in [0.2, 0.25) is 0 Å². The van der Waals surface area contributed by atoms with Crippen molar-refractivity contribution in [2.45, 2.75) is 32.1 Å². The maximum Gasteiger partial charge on any atom is 0.123 e. The molecule has 1 aromatic carbocycles. The predicted octanol–water partition coefficient (Wildman–Crippen LogP) is 3.13. The molecule has 2 saturated carbocycles. The lowest BCUT2D eigenvalue weighted by molar-refractivity contribution is 0.171. The van der Waals surface area contributed by atoms with Crippen molar-refractivity contribution >= 4 is 0 Å². The van der Waals surface area contributed by atoms with Crippen molar-refractivity contribution < 1.29 is 4.39 Å². The molecule has 3 atom stereocenters. The smallest absolute Gasteiger partial charge is 0.123 e. The zero-order valence-electron chi connectivity index (χ0n) is 10.2. The topological polar surface area (TPSA) is 26.0 Å². The minimum Gasteiger partial charge on any atom is -0.330 e. The monoisotopic (exact) mass is 233 g/mol. The van der Waals surface area contributed by atoms with Gasteiger partial charge in [-0.15, -0.1) is 0 Å². The van der Waals surface area contributed by atoms with E-state index in [1.807, 2.05) is 12.1 Å². The average molecular weight is 233 g/mol. The van der Waals surface area contributed by atoms with Gasteiger partial charge in [0, 0.05) is 0 Å². The largest absolute Gasteiger partial charge is 0.330 e. The summed E-state index contributed by atoms with van der Waals surface area (Å²) in [6.45, 7) is 0.783. The molecule has 2 aliphatic carbocycles. The zero-order valence-corrected chi connectivity index (χ0v) is 10.2. The second kappa shape index (κ2) is 4.09. The summed E-state index contributed by atoms with van der Waals surface area (Å²) in [5.41, 5.74) is 7.61. The van der Waals surface area contributed by atoms with Crippen LogP contribution in [-0.2, 0) is 6.42 Å². The highest BCUT2D eigenvalue weighted by Crippen LogP contribution is 2.56. The van der Waals surface area contributed by atoms with Crippen molar-refractivity contribution in [2.24, 2.45) is 23.0 Å². The van der Waals surface area contributed by atoms with Gasteiger partial charge < -0.3 is 5.73 Å². The second-order valence-electron chi connectivity index (χ2n) is 5.95. The molecule has 17 heavy (non-hydrogen) atoms. The van der Waals surface area contributed by atoms with E-state index in [4.69, 9.17) is 5.73 Å². The van der Waals surface area contributed by atoms with Gasteiger partial charge in [-0.3, -0.25) is 0 Å². The maximum absolute atomic E-state index is 12.9. The van der Waals surface area contributed by atoms with E-state index in [9.17, 15) is 4.39 Å². The molecule has 0 radical (unpaired) electrons. The molecule has 0 saturated heterocycles. The first-order valence-electron chi connectivity index (χ1n) is 6.66. The first-order chi connectivity index (χ1) is 8.22. The van der Waals surface area contributed by atoms with Crippen LogP contribution in [0.15, 0.2) is 24.3 Å². The van der Waals surface area contributed by atoms with E-state index in [1.54, 1.807) is 12.1 Å². The summed E-state index contributed by atoms with van der Waals surface area (Å²) < 4.78 is 12.9. The Labute approximate surface area is 102 Å². The van der Waals surface area contributed by atoms with Crippen LogP contribution in [0.1, 0.15) is 31.2 Å². The van der Waals surface area contributed by atoms with Crippen LogP contribution in [-0.4, -0.2) is 6.54 Å². The highest BCUT2D eigenvalue weighted by molar-refractivity contribution is 5.19. The minimum absolute atomic E-state index is 0.150. The molecule has 3 rings (SSSR count). The second-order valence-corrected chi connectivity index (χ2v) is 5.95. The summed E-state index contributed by atoms with van der Waals surface area (Å²) in [5.74, 6) is 1.56. The molecule has 92 valence electrons. The van der Waals surface area contributed by atoms with Crippen LogP contribution in [0.25, 0.3) is 0 Å². The van der Waals surface area contributed by atoms with Gasteiger partial charge in [-0.05, 0) is 67.2 Å². The maximum atomic E-state index is 12.9. The Morgan fingerprint density at radius 3 is 2.53 bits per heavy atom. The molecule has 1 nitrogen and oxygen atoms in total. The Morgan fingerprint density at radius 1 is 1.24 bits per heavy atom. The molecule has 0 amide bonds. The number of halogens is 1. The fourth-order valence-electron chi connectivity index (χ4n) is 4.11. The van der Waals surface area contributed by atoms with E-state index in [0.717, 1.165) is 24.8 Å². The summed E-state index contributed by atoms with van der Waals surface area (Å²) in [7, 11) is 0. The van der Waals surface area contributed by atoms with E-state index >= 15 is 0 Å². The highest BCUT2D eigenvalue weighted by atomic mass is 19.1. The van der Waals surface area contributed by atoms with Crippen molar-refractivity contribution in [1.82, 2.24) is 0 Å². The highest BCUT2D eigenvalue weighted by Gasteiger charge is 2.49. The van der Waals surface area contributed by atoms with E-state index in [0.29, 0.717) is 5.41 Å². The average Bonchev–Trinajstić information content (AvgIpc) is 2.93. The summed E-state index contributed by atoms with van der Waals surface area (Å²) >= 11 is 0. The molecule has 2 N–H and O–H groups in total. The van der Waals surface area contributed by atoms with Crippen LogP contribution in [0.5, 0.6) is 0 Å². The normalized spacial score (nSPS) is 35.4. The van der Waals surface area contributed by atoms with Gasteiger partial charge in [0.1, 0.15) is 5.82 Å². The Kier molecular flexibility index (Phi) is 2.70. The van der Waals surface area contributed by atoms with Crippen LogP contribution >= 0.6 is 0 Å². The molecule has 2 fully saturated rings. The Morgan fingerprint density at radius 2 is 2.00 bits per heavy atom. The van der Waals surface area contributed by atoms with E-state index < -0.39 is 0 Å². The van der Waals surface area contributed by atoms with Gasteiger partial charge in [-0.2, -0.15) is 0 Å². The fourth-order valence-corrected chi connectivity index (χ4v) is 4.11. The Balaban J connectivity index is 1.80. The number of nitrogens with two attached hydrogens (primary N) is 1. The number of benzene rings is 1. The summed E-state index contributed by atoms with van der Waals surface area (Å²) in [4.78, 5) is 0.